The summed E-state index contributed by atoms with van der Waals surface area (Å²) >= 11 is 5.88. The highest BCUT2D eigenvalue weighted by atomic mass is 35.5. The third kappa shape index (κ3) is 2.48. The molecule has 1 heterocycles. The fraction of sp³-hybridized carbons (Fsp3) is 0.385. The standard InChI is InChI=1S/C13H15ClN2O2/c1-13(2,3)7-16-11(17)9-6-8(14)4-5-10(9)15-12(16)18/h4-6H,7H2,1-3H3,(H,15,18). The van der Waals surface area contributed by atoms with Crippen molar-refractivity contribution in [2.75, 3.05) is 0 Å². The van der Waals surface area contributed by atoms with Crippen LogP contribution in [0.25, 0.3) is 10.9 Å². The SMILES string of the molecule is CC(C)(C)Cn1c(=O)[nH]c2ccc(Cl)cc2c1=O. The number of nitrogens with zero attached hydrogens (tertiary/aromatic N) is 1. The normalized spacial score (nSPS) is 12.0. The van der Waals surface area contributed by atoms with Gasteiger partial charge in [0.25, 0.3) is 5.56 Å². The maximum atomic E-state index is 12.3. The number of halogens is 1. The van der Waals surface area contributed by atoms with Crippen LogP contribution in [0.5, 0.6) is 0 Å². The van der Waals surface area contributed by atoms with E-state index in [1.54, 1.807) is 18.2 Å². The highest BCUT2D eigenvalue weighted by Gasteiger charge is 2.16. The van der Waals surface area contributed by atoms with Crippen LogP contribution in [0.15, 0.2) is 27.8 Å². The van der Waals surface area contributed by atoms with Gasteiger partial charge in [-0.05, 0) is 23.6 Å². The van der Waals surface area contributed by atoms with Gasteiger partial charge in [0.1, 0.15) is 0 Å². The van der Waals surface area contributed by atoms with Gasteiger partial charge in [0.15, 0.2) is 0 Å². The van der Waals surface area contributed by atoms with E-state index in [1.165, 1.54) is 4.57 Å². The fourth-order valence-electron chi connectivity index (χ4n) is 1.84. The number of hydrogen-bond donors (Lipinski definition) is 1. The van der Waals surface area contributed by atoms with Crippen molar-refractivity contribution in [1.82, 2.24) is 9.55 Å². The topological polar surface area (TPSA) is 54.9 Å². The summed E-state index contributed by atoms with van der Waals surface area (Å²) in [7, 11) is 0. The second-order valence-corrected chi connectivity index (χ2v) is 6.01. The monoisotopic (exact) mass is 266 g/mol. The summed E-state index contributed by atoms with van der Waals surface area (Å²) < 4.78 is 1.22. The third-order valence-electron chi connectivity index (χ3n) is 2.58. The van der Waals surface area contributed by atoms with Crippen molar-refractivity contribution in [3.8, 4) is 0 Å². The molecule has 2 aromatic rings. The number of H-pyrrole nitrogens is 1. The quantitative estimate of drug-likeness (QED) is 0.862. The minimum Gasteiger partial charge on any atom is -0.307 e. The van der Waals surface area contributed by atoms with Crippen molar-refractivity contribution < 1.29 is 0 Å². The summed E-state index contributed by atoms with van der Waals surface area (Å²) in [5.74, 6) is 0. The largest absolute Gasteiger partial charge is 0.328 e. The van der Waals surface area contributed by atoms with Crippen molar-refractivity contribution in [3.63, 3.8) is 0 Å². The molecule has 0 fully saturated rings. The molecule has 0 amide bonds. The first-order chi connectivity index (χ1) is 8.28. The van der Waals surface area contributed by atoms with Crippen molar-refractivity contribution in [2.45, 2.75) is 27.3 Å². The Kier molecular flexibility index (Phi) is 3.07. The molecule has 1 aromatic heterocycles. The zero-order valence-electron chi connectivity index (χ0n) is 10.6. The van der Waals surface area contributed by atoms with E-state index in [4.69, 9.17) is 11.6 Å². The number of benzene rings is 1. The highest BCUT2D eigenvalue weighted by molar-refractivity contribution is 6.31. The molecule has 0 bridgehead atoms. The first kappa shape index (κ1) is 12.9. The maximum absolute atomic E-state index is 12.3. The lowest BCUT2D eigenvalue weighted by atomic mass is 9.97. The van der Waals surface area contributed by atoms with Crippen LogP contribution >= 0.6 is 11.6 Å². The number of nitrogens with one attached hydrogen (secondary N) is 1. The van der Waals surface area contributed by atoms with E-state index in [0.29, 0.717) is 22.5 Å². The Morgan fingerprint density at radius 2 is 1.94 bits per heavy atom. The van der Waals surface area contributed by atoms with E-state index in [1.807, 2.05) is 20.8 Å². The molecule has 5 heteroatoms. The molecule has 0 aliphatic carbocycles. The molecule has 1 N–H and O–H groups in total. The Labute approximate surface area is 109 Å². The molecule has 0 saturated heterocycles. The average Bonchev–Trinajstić information content (AvgIpc) is 2.24. The van der Waals surface area contributed by atoms with Crippen molar-refractivity contribution in [1.29, 1.82) is 0 Å². The number of fused-ring (bicyclic) bond motifs is 1. The van der Waals surface area contributed by atoms with Crippen LogP contribution in [0.2, 0.25) is 5.02 Å². The Bertz CT molecular complexity index is 707. The summed E-state index contributed by atoms with van der Waals surface area (Å²) in [6, 6.07) is 4.86. The zero-order valence-corrected chi connectivity index (χ0v) is 11.3. The minimum absolute atomic E-state index is 0.150. The molecule has 1 aromatic carbocycles. The van der Waals surface area contributed by atoms with Crippen LogP contribution < -0.4 is 11.2 Å². The van der Waals surface area contributed by atoms with Gasteiger partial charge in [-0.3, -0.25) is 9.36 Å². The van der Waals surface area contributed by atoms with E-state index in [0.717, 1.165) is 0 Å². The number of rotatable bonds is 1. The summed E-state index contributed by atoms with van der Waals surface area (Å²) in [4.78, 5) is 26.9. The van der Waals surface area contributed by atoms with Gasteiger partial charge in [0.2, 0.25) is 0 Å². The average molecular weight is 267 g/mol. The van der Waals surface area contributed by atoms with Gasteiger partial charge in [0.05, 0.1) is 10.9 Å². The van der Waals surface area contributed by atoms with E-state index < -0.39 is 0 Å². The molecule has 2 rings (SSSR count). The van der Waals surface area contributed by atoms with Crippen LogP contribution in [0, 0.1) is 5.41 Å². The van der Waals surface area contributed by atoms with Crippen LogP contribution in [0.4, 0.5) is 0 Å². The highest BCUT2D eigenvalue weighted by Crippen LogP contribution is 2.16. The van der Waals surface area contributed by atoms with E-state index >= 15 is 0 Å². The molecule has 0 atom stereocenters. The van der Waals surface area contributed by atoms with Crippen molar-refractivity contribution >= 4 is 22.5 Å². The van der Waals surface area contributed by atoms with Gasteiger partial charge in [-0.1, -0.05) is 32.4 Å². The summed E-state index contributed by atoms with van der Waals surface area (Å²) in [5.41, 5.74) is -0.321. The zero-order chi connectivity index (χ0) is 13.5. The van der Waals surface area contributed by atoms with Gasteiger partial charge in [-0.2, -0.15) is 0 Å². The summed E-state index contributed by atoms with van der Waals surface area (Å²) in [6.07, 6.45) is 0. The predicted molar refractivity (Wildman–Crippen MR) is 73.3 cm³/mol. The molecule has 18 heavy (non-hydrogen) atoms. The second-order valence-electron chi connectivity index (χ2n) is 5.57. The predicted octanol–water partition coefficient (Wildman–Crippen LogP) is 2.39. The van der Waals surface area contributed by atoms with Crippen LogP contribution in [0.1, 0.15) is 20.8 Å². The fourth-order valence-corrected chi connectivity index (χ4v) is 2.01. The molecule has 0 saturated carbocycles. The smallest absolute Gasteiger partial charge is 0.307 e. The molecule has 96 valence electrons. The molecule has 0 aliphatic rings. The third-order valence-corrected chi connectivity index (χ3v) is 2.81. The second kappa shape index (κ2) is 4.28. The first-order valence-electron chi connectivity index (χ1n) is 5.70. The van der Waals surface area contributed by atoms with Gasteiger partial charge >= 0.3 is 5.69 Å². The lowest BCUT2D eigenvalue weighted by Gasteiger charge is -2.19. The minimum atomic E-state index is -0.384. The first-order valence-corrected chi connectivity index (χ1v) is 6.08. The van der Waals surface area contributed by atoms with Crippen LogP contribution in [-0.4, -0.2) is 9.55 Å². The summed E-state index contributed by atoms with van der Waals surface area (Å²) in [6.45, 7) is 6.28. The van der Waals surface area contributed by atoms with E-state index in [-0.39, 0.29) is 16.7 Å². The Hall–Kier alpha value is -1.55. The number of aromatic nitrogens is 2. The number of aromatic amines is 1. The van der Waals surface area contributed by atoms with Gasteiger partial charge in [0, 0.05) is 11.6 Å². The van der Waals surface area contributed by atoms with Gasteiger partial charge in [-0.15, -0.1) is 0 Å². The molecule has 0 aliphatic heterocycles. The van der Waals surface area contributed by atoms with Crippen molar-refractivity contribution in [3.05, 3.63) is 44.1 Å². The molecular weight excluding hydrogens is 252 g/mol. The Morgan fingerprint density at radius 3 is 2.56 bits per heavy atom. The summed E-state index contributed by atoms with van der Waals surface area (Å²) in [5, 5.41) is 0.917. The van der Waals surface area contributed by atoms with Gasteiger partial charge < -0.3 is 4.98 Å². The van der Waals surface area contributed by atoms with Crippen molar-refractivity contribution in [2.24, 2.45) is 5.41 Å². The molecule has 0 spiro atoms. The molecule has 0 unspecified atom stereocenters. The lowest BCUT2D eigenvalue weighted by molar-refractivity contribution is 0.332. The number of hydrogen-bond acceptors (Lipinski definition) is 2. The lowest BCUT2D eigenvalue weighted by Crippen LogP contribution is -2.38. The molecule has 4 nitrogen and oxygen atoms in total. The molecule has 0 radical (unpaired) electrons. The van der Waals surface area contributed by atoms with Gasteiger partial charge in [-0.25, -0.2) is 4.79 Å². The maximum Gasteiger partial charge on any atom is 0.328 e. The van der Waals surface area contributed by atoms with Crippen LogP contribution in [0.3, 0.4) is 0 Å². The van der Waals surface area contributed by atoms with E-state index in [2.05, 4.69) is 4.98 Å². The van der Waals surface area contributed by atoms with Crippen LogP contribution in [-0.2, 0) is 6.54 Å². The molecular formula is C13H15ClN2O2. The van der Waals surface area contributed by atoms with E-state index in [9.17, 15) is 9.59 Å². The Balaban J connectivity index is 2.76. The Morgan fingerprint density at radius 1 is 1.28 bits per heavy atom.